The van der Waals surface area contributed by atoms with Gasteiger partial charge in [-0.15, -0.1) is 0 Å². The number of benzene rings is 1. The summed E-state index contributed by atoms with van der Waals surface area (Å²) in [6, 6.07) is 5.81. The van der Waals surface area contributed by atoms with E-state index in [1.54, 1.807) is 12.1 Å². The van der Waals surface area contributed by atoms with Gasteiger partial charge in [0.05, 0.1) is 0 Å². The first-order chi connectivity index (χ1) is 8.72. The van der Waals surface area contributed by atoms with Gasteiger partial charge in [0.1, 0.15) is 5.82 Å². The number of nitrogens with one attached hydrogen (secondary N) is 1. The van der Waals surface area contributed by atoms with Gasteiger partial charge < -0.3 is 5.32 Å². The minimum atomic E-state index is -0.0963. The van der Waals surface area contributed by atoms with Gasteiger partial charge in [0, 0.05) is 35.7 Å². The van der Waals surface area contributed by atoms with Crippen LogP contribution < -0.4 is 5.32 Å². The topological polar surface area (TPSA) is 15.3 Å². The van der Waals surface area contributed by atoms with Crippen LogP contribution >= 0.6 is 15.9 Å². The molecule has 0 aromatic heterocycles. The number of piperidine rings is 1. The Hall–Kier alpha value is -0.450. The Morgan fingerprint density at radius 3 is 3.11 bits per heavy atom. The van der Waals surface area contributed by atoms with Crippen LogP contribution in [0.4, 0.5) is 4.39 Å². The molecule has 98 valence electrons. The molecule has 2 fully saturated rings. The molecule has 0 unspecified atom stereocenters. The van der Waals surface area contributed by atoms with Crippen LogP contribution in [0.3, 0.4) is 0 Å². The number of nitrogens with zero attached hydrogens (tertiary/aromatic N) is 1. The Labute approximate surface area is 116 Å². The standard InChI is InChI=1S/C14H18BrFN2/c15-12-3-4-13(16)11(6-12)8-18-7-10-2-1-5-17-14(10)9-18/h3-4,6,10,14,17H,1-2,5,7-9H2/t10-,14+/m0/s1. The number of fused-ring (bicyclic) bond motifs is 1. The molecule has 0 amide bonds. The maximum absolute atomic E-state index is 13.7. The maximum Gasteiger partial charge on any atom is 0.127 e. The SMILES string of the molecule is Fc1ccc(Br)cc1CN1C[C@@H]2CCCN[C@@H]2C1. The van der Waals surface area contributed by atoms with E-state index in [0.29, 0.717) is 6.04 Å². The normalized spacial score (nSPS) is 28.3. The monoisotopic (exact) mass is 312 g/mol. The van der Waals surface area contributed by atoms with Crippen LogP contribution in [0.1, 0.15) is 18.4 Å². The van der Waals surface area contributed by atoms with E-state index in [4.69, 9.17) is 0 Å². The minimum absolute atomic E-state index is 0.0963. The smallest absolute Gasteiger partial charge is 0.127 e. The molecule has 0 bridgehead atoms. The molecule has 2 aliphatic rings. The molecule has 0 saturated carbocycles. The first-order valence-corrected chi connectivity index (χ1v) is 7.41. The van der Waals surface area contributed by atoms with E-state index in [2.05, 4.69) is 26.1 Å². The molecule has 3 rings (SSSR count). The van der Waals surface area contributed by atoms with Crippen LogP contribution in [0.15, 0.2) is 22.7 Å². The molecule has 18 heavy (non-hydrogen) atoms. The van der Waals surface area contributed by atoms with Crippen LogP contribution in [0.2, 0.25) is 0 Å². The molecule has 0 aliphatic carbocycles. The summed E-state index contributed by atoms with van der Waals surface area (Å²) in [5.74, 6) is 0.662. The predicted molar refractivity (Wildman–Crippen MR) is 73.9 cm³/mol. The Morgan fingerprint density at radius 2 is 2.28 bits per heavy atom. The van der Waals surface area contributed by atoms with E-state index in [0.717, 1.165) is 42.1 Å². The van der Waals surface area contributed by atoms with Gasteiger partial charge in [0.15, 0.2) is 0 Å². The zero-order chi connectivity index (χ0) is 12.5. The number of hydrogen-bond donors (Lipinski definition) is 1. The molecular formula is C14H18BrFN2. The Kier molecular flexibility index (Phi) is 3.68. The minimum Gasteiger partial charge on any atom is -0.312 e. The van der Waals surface area contributed by atoms with Gasteiger partial charge in [-0.25, -0.2) is 4.39 Å². The quantitative estimate of drug-likeness (QED) is 0.903. The van der Waals surface area contributed by atoms with Gasteiger partial charge in [-0.2, -0.15) is 0 Å². The molecule has 4 heteroatoms. The van der Waals surface area contributed by atoms with E-state index < -0.39 is 0 Å². The van der Waals surface area contributed by atoms with E-state index in [9.17, 15) is 4.39 Å². The zero-order valence-corrected chi connectivity index (χ0v) is 11.9. The zero-order valence-electron chi connectivity index (χ0n) is 10.3. The number of likely N-dealkylation sites (tertiary alicyclic amines) is 1. The summed E-state index contributed by atoms with van der Waals surface area (Å²) < 4.78 is 14.7. The molecule has 2 atom stereocenters. The Balaban J connectivity index is 1.68. The molecule has 0 radical (unpaired) electrons. The lowest BCUT2D eigenvalue weighted by atomic mass is 9.94. The third kappa shape index (κ3) is 2.60. The summed E-state index contributed by atoms with van der Waals surface area (Å²) >= 11 is 3.41. The highest BCUT2D eigenvalue weighted by molar-refractivity contribution is 9.10. The van der Waals surface area contributed by atoms with Crippen LogP contribution in [0.5, 0.6) is 0 Å². The summed E-state index contributed by atoms with van der Waals surface area (Å²) in [6.07, 6.45) is 2.59. The van der Waals surface area contributed by atoms with Gasteiger partial charge in [-0.3, -0.25) is 4.90 Å². The molecule has 2 aliphatic heterocycles. The predicted octanol–water partition coefficient (Wildman–Crippen LogP) is 2.77. The second kappa shape index (κ2) is 5.27. The molecule has 2 saturated heterocycles. The second-order valence-corrected chi connectivity index (χ2v) is 6.31. The van der Waals surface area contributed by atoms with Gasteiger partial charge in [0.25, 0.3) is 0 Å². The molecule has 2 heterocycles. The molecular weight excluding hydrogens is 295 g/mol. The molecule has 1 N–H and O–H groups in total. The third-order valence-electron chi connectivity index (χ3n) is 4.08. The van der Waals surface area contributed by atoms with Crippen molar-refractivity contribution in [2.24, 2.45) is 5.92 Å². The fourth-order valence-corrected chi connectivity index (χ4v) is 3.58. The largest absolute Gasteiger partial charge is 0.312 e. The number of rotatable bonds is 2. The van der Waals surface area contributed by atoms with E-state index in [1.807, 2.05) is 6.07 Å². The van der Waals surface area contributed by atoms with Gasteiger partial charge >= 0.3 is 0 Å². The van der Waals surface area contributed by atoms with Crippen molar-refractivity contribution in [3.8, 4) is 0 Å². The van der Waals surface area contributed by atoms with Crippen molar-refractivity contribution >= 4 is 15.9 Å². The lowest BCUT2D eigenvalue weighted by molar-refractivity contribution is 0.308. The van der Waals surface area contributed by atoms with Crippen molar-refractivity contribution in [3.05, 3.63) is 34.1 Å². The number of halogens is 2. The van der Waals surface area contributed by atoms with Crippen LogP contribution in [0.25, 0.3) is 0 Å². The highest BCUT2D eigenvalue weighted by Gasteiger charge is 2.34. The average Bonchev–Trinajstić information content (AvgIpc) is 2.76. The number of hydrogen-bond acceptors (Lipinski definition) is 2. The fraction of sp³-hybridized carbons (Fsp3) is 0.571. The molecule has 1 aromatic rings. The van der Waals surface area contributed by atoms with E-state index in [-0.39, 0.29) is 5.82 Å². The summed E-state index contributed by atoms with van der Waals surface area (Å²) in [6.45, 7) is 4.01. The molecule has 2 nitrogen and oxygen atoms in total. The van der Waals surface area contributed by atoms with Crippen LogP contribution in [-0.4, -0.2) is 30.6 Å². The van der Waals surface area contributed by atoms with Gasteiger partial charge in [0.2, 0.25) is 0 Å². The highest BCUT2D eigenvalue weighted by Crippen LogP contribution is 2.27. The maximum atomic E-state index is 13.7. The molecule has 1 aromatic carbocycles. The molecule has 0 spiro atoms. The van der Waals surface area contributed by atoms with Crippen molar-refractivity contribution in [1.82, 2.24) is 10.2 Å². The second-order valence-electron chi connectivity index (χ2n) is 5.39. The van der Waals surface area contributed by atoms with Gasteiger partial charge in [-0.1, -0.05) is 15.9 Å². The lowest BCUT2D eigenvalue weighted by Gasteiger charge is -2.24. The Bertz CT molecular complexity index is 424. The summed E-state index contributed by atoms with van der Waals surface area (Å²) in [7, 11) is 0. The Morgan fingerprint density at radius 1 is 1.39 bits per heavy atom. The fourth-order valence-electron chi connectivity index (χ4n) is 3.17. The average molecular weight is 313 g/mol. The third-order valence-corrected chi connectivity index (χ3v) is 4.57. The summed E-state index contributed by atoms with van der Waals surface area (Å²) in [5, 5.41) is 3.58. The van der Waals surface area contributed by atoms with Gasteiger partial charge in [-0.05, 0) is 43.5 Å². The van der Waals surface area contributed by atoms with Crippen LogP contribution in [-0.2, 0) is 6.54 Å². The summed E-state index contributed by atoms with van der Waals surface area (Å²) in [4.78, 5) is 2.37. The van der Waals surface area contributed by atoms with Crippen molar-refractivity contribution in [2.75, 3.05) is 19.6 Å². The van der Waals surface area contributed by atoms with Crippen molar-refractivity contribution in [3.63, 3.8) is 0 Å². The van der Waals surface area contributed by atoms with Crippen molar-refractivity contribution < 1.29 is 4.39 Å². The van der Waals surface area contributed by atoms with E-state index >= 15 is 0 Å². The van der Waals surface area contributed by atoms with Crippen molar-refractivity contribution in [1.29, 1.82) is 0 Å². The van der Waals surface area contributed by atoms with Crippen molar-refractivity contribution in [2.45, 2.75) is 25.4 Å². The lowest BCUT2D eigenvalue weighted by Crippen LogP contribution is -2.40. The van der Waals surface area contributed by atoms with Crippen LogP contribution in [0, 0.1) is 11.7 Å². The highest BCUT2D eigenvalue weighted by atomic mass is 79.9. The first-order valence-electron chi connectivity index (χ1n) is 6.62. The summed E-state index contributed by atoms with van der Waals surface area (Å²) in [5.41, 5.74) is 0.794. The van der Waals surface area contributed by atoms with E-state index in [1.165, 1.54) is 12.8 Å². The first kappa shape index (κ1) is 12.6.